The lowest BCUT2D eigenvalue weighted by Gasteiger charge is -2.10. The van der Waals surface area contributed by atoms with Gasteiger partial charge in [-0.15, -0.1) is 0 Å². The number of rotatable bonds is 2. The third-order valence-corrected chi connectivity index (χ3v) is 1.44. The summed E-state index contributed by atoms with van der Waals surface area (Å²) < 4.78 is 4.19. The van der Waals surface area contributed by atoms with Crippen LogP contribution in [0.25, 0.3) is 0 Å². The fourth-order valence-electron chi connectivity index (χ4n) is 0.801. The molecule has 0 bridgehead atoms. The Labute approximate surface area is 80.5 Å². The van der Waals surface area contributed by atoms with Crippen LogP contribution in [-0.4, -0.2) is 46.6 Å². The van der Waals surface area contributed by atoms with E-state index in [9.17, 15) is 14.4 Å². The predicted octanol–water partition coefficient (Wildman–Crippen LogP) is -1.57. The third-order valence-electron chi connectivity index (χ3n) is 1.44. The van der Waals surface area contributed by atoms with Gasteiger partial charge >= 0.3 is 11.8 Å². The number of cyclic esters (lactones) is 1. The molecule has 0 aliphatic carbocycles. The normalized spacial score (nSPS) is 22.6. The lowest BCUT2D eigenvalue weighted by atomic mass is 10.1. The van der Waals surface area contributed by atoms with Crippen LogP contribution in [0.3, 0.4) is 0 Å². The van der Waals surface area contributed by atoms with Gasteiger partial charge in [0.05, 0.1) is 6.61 Å². The van der Waals surface area contributed by atoms with E-state index >= 15 is 0 Å². The van der Waals surface area contributed by atoms with Gasteiger partial charge < -0.3 is 14.9 Å². The van der Waals surface area contributed by atoms with Crippen LogP contribution in [0.4, 0.5) is 0 Å². The number of aliphatic hydroxyl groups is 2. The van der Waals surface area contributed by atoms with Crippen molar-refractivity contribution in [3.05, 3.63) is 0 Å². The predicted molar refractivity (Wildman–Crippen MR) is 44.3 cm³/mol. The van der Waals surface area contributed by atoms with E-state index in [1.54, 1.807) is 0 Å². The minimum Gasteiger partial charge on any atom is -0.445 e. The Morgan fingerprint density at radius 1 is 1.36 bits per heavy atom. The van der Waals surface area contributed by atoms with E-state index in [0.29, 0.717) is 0 Å². The second-order valence-corrected chi connectivity index (χ2v) is 2.27. The number of ether oxygens (including phenoxy) is 1. The van der Waals surface area contributed by atoms with E-state index in [1.165, 1.54) is 0 Å². The first-order valence-corrected chi connectivity index (χ1v) is 4.16. The van der Waals surface area contributed by atoms with E-state index in [2.05, 4.69) is 4.74 Å². The monoisotopic (exact) mass is 204 g/mol. The van der Waals surface area contributed by atoms with E-state index in [1.807, 2.05) is 13.8 Å². The van der Waals surface area contributed by atoms with Gasteiger partial charge in [-0.3, -0.25) is 9.59 Å². The molecule has 0 spiro atoms. The standard InChI is InChI=1S/C6H6O6.C2H6/c7-1-2(8)5-3(9)4(10)6(11)12-5;1-2/h2,5,7-8H,1H2;1-2H3. The molecule has 1 aliphatic heterocycles. The average Bonchev–Trinajstić information content (AvgIpc) is 2.48. The Kier molecular flexibility index (Phi) is 4.96. The second-order valence-electron chi connectivity index (χ2n) is 2.27. The molecular formula is C8H12O6. The Balaban J connectivity index is 0.000000791. The Hall–Kier alpha value is -1.27. The molecule has 0 aromatic heterocycles. The van der Waals surface area contributed by atoms with Crippen LogP contribution in [0.1, 0.15) is 13.8 Å². The molecule has 1 heterocycles. The van der Waals surface area contributed by atoms with Crippen LogP contribution in [0, 0.1) is 0 Å². The molecular weight excluding hydrogens is 192 g/mol. The van der Waals surface area contributed by atoms with Crippen LogP contribution >= 0.6 is 0 Å². The highest BCUT2D eigenvalue weighted by Crippen LogP contribution is 2.10. The fourth-order valence-corrected chi connectivity index (χ4v) is 0.801. The van der Waals surface area contributed by atoms with Gasteiger partial charge in [0.25, 0.3) is 5.78 Å². The van der Waals surface area contributed by atoms with Crippen molar-refractivity contribution in [2.24, 2.45) is 0 Å². The number of esters is 1. The Morgan fingerprint density at radius 3 is 2.14 bits per heavy atom. The van der Waals surface area contributed by atoms with E-state index < -0.39 is 36.4 Å². The molecule has 2 unspecified atom stereocenters. The fraction of sp³-hybridized carbons (Fsp3) is 0.625. The van der Waals surface area contributed by atoms with Crippen LogP contribution in [0.5, 0.6) is 0 Å². The first-order chi connectivity index (χ1) is 6.57. The Morgan fingerprint density at radius 2 is 1.86 bits per heavy atom. The van der Waals surface area contributed by atoms with Crippen LogP contribution in [0.15, 0.2) is 0 Å². The van der Waals surface area contributed by atoms with Crippen molar-refractivity contribution < 1.29 is 29.3 Å². The van der Waals surface area contributed by atoms with Gasteiger partial charge in [0, 0.05) is 0 Å². The molecule has 80 valence electrons. The molecule has 1 aliphatic rings. The number of ketones is 2. The maximum atomic E-state index is 10.7. The molecule has 6 nitrogen and oxygen atoms in total. The number of hydrogen-bond acceptors (Lipinski definition) is 6. The summed E-state index contributed by atoms with van der Waals surface area (Å²) in [4.78, 5) is 31.7. The lowest BCUT2D eigenvalue weighted by Crippen LogP contribution is -2.35. The molecule has 0 aromatic rings. The summed E-state index contributed by atoms with van der Waals surface area (Å²) in [6.07, 6.45) is -3.05. The molecule has 1 fully saturated rings. The quantitative estimate of drug-likeness (QED) is 0.416. The van der Waals surface area contributed by atoms with E-state index in [4.69, 9.17) is 10.2 Å². The van der Waals surface area contributed by atoms with Crippen LogP contribution in [-0.2, 0) is 19.1 Å². The number of Topliss-reactive ketones (excluding diaryl/α,β-unsaturated/α-hetero) is 2. The van der Waals surface area contributed by atoms with Gasteiger partial charge in [0.1, 0.15) is 6.10 Å². The Bertz CT molecular complexity index is 246. The van der Waals surface area contributed by atoms with Crippen molar-refractivity contribution in [3.63, 3.8) is 0 Å². The molecule has 0 saturated carbocycles. The summed E-state index contributed by atoms with van der Waals surface area (Å²) in [7, 11) is 0. The van der Waals surface area contributed by atoms with E-state index in [-0.39, 0.29) is 0 Å². The summed E-state index contributed by atoms with van der Waals surface area (Å²) in [5.74, 6) is -3.67. The highest BCUT2D eigenvalue weighted by molar-refractivity contribution is 6.65. The van der Waals surface area contributed by atoms with Crippen molar-refractivity contribution in [1.29, 1.82) is 0 Å². The SMILES string of the molecule is CC.O=C1OC(C(O)CO)C(=O)C1=O. The third kappa shape index (κ3) is 2.36. The topological polar surface area (TPSA) is 101 Å². The maximum Gasteiger partial charge on any atom is 0.383 e. The minimum atomic E-state index is -1.53. The van der Waals surface area contributed by atoms with Crippen molar-refractivity contribution in [2.75, 3.05) is 6.61 Å². The molecule has 2 N–H and O–H groups in total. The van der Waals surface area contributed by atoms with Crippen molar-refractivity contribution >= 4 is 17.5 Å². The summed E-state index contributed by atoms with van der Waals surface area (Å²) in [6.45, 7) is 3.26. The molecule has 2 atom stereocenters. The van der Waals surface area contributed by atoms with Crippen molar-refractivity contribution in [1.82, 2.24) is 0 Å². The average molecular weight is 204 g/mol. The lowest BCUT2D eigenvalue weighted by molar-refractivity contribution is -0.152. The zero-order valence-electron chi connectivity index (χ0n) is 7.89. The summed E-state index contributed by atoms with van der Waals surface area (Å²) in [5, 5.41) is 17.2. The van der Waals surface area contributed by atoms with Gasteiger partial charge in [0.2, 0.25) is 0 Å². The number of carbonyl (C=O) groups is 3. The first-order valence-electron chi connectivity index (χ1n) is 4.16. The number of carbonyl (C=O) groups excluding carboxylic acids is 3. The number of aliphatic hydroxyl groups excluding tert-OH is 2. The van der Waals surface area contributed by atoms with Crippen LogP contribution in [0.2, 0.25) is 0 Å². The zero-order valence-corrected chi connectivity index (χ0v) is 7.89. The smallest absolute Gasteiger partial charge is 0.383 e. The molecule has 14 heavy (non-hydrogen) atoms. The van der Waals surface area contributed by atoms with Gasteiger partial charge in [-0.1, -0.05) is 13.8 Å². The minimum absolute atomic E-state index is 0.739. The number of hydrogen-bond donors (Lipinski definition) is 2. The second kappa shape index (κ2) is 5.46. The van der Waals surface area contributed by atoms with Gasteiger partial charge in [-0.25, -0.2) is 4.79 Å². The summed E-state index contributed by atoms with van der Waals surface area (Å²) in [5.41, 5.74) is 0. The first kappa shape index (κ1) is 12.7. The largest absolute Gasteiger partial charge is 0.445 e. The maximum absolute atomic E-state index is 10.7. The molecule has 6 heteroatoms. The molecule has 0 amide bonds. The molecule has 1 rings (SSSR count). The van der Waals surface area contributed by atoms with Crippen LogP contribution < -0.4 is 0 Å². The van der Waals surface area contributed by atoms with E-state index in [0.717, 1.165) is 0 Å². The highest BCUT2D eigenvalue weighted by Gasteiger charge is 2.45. The van der Waals surface area contributed by atoms with Gasteiger partial charge in [0.15, 0.2) is 6.10 Å². The molecule has 0 aromatic carbocycles. The van der Waals surface area contributed by atoms with Gasteiger partial charge in [-0.2, -0.15) is 0 Å². The summed E-state index contributed by atoms with van der Waals surface area (Å²) in [6, 6.07) is 0. The zero-order chi connectivity index (χ0) is 11.3. The molecule has 1 saturated heterocycles. The summed E-state index contributed by atoms with van der Waals surface area (Å²) >= 11 is 0. The molecule has 0 radical (unpaired) electrons. The highest BCUT2D eigenvalue weighted by atomic mass is 16.6. The van der Waals surface area contributed by atoms with Crippen molar-refractivity contribution in [3.8, 4) is 0 Å². The van der Waals surface area contributed by atoms with Gasteiger partial charge in [-0.05, 0) is 0 Å². The van der Waals surface area contributed by atoms with Crippen molar-refractivity contribution in [2.45, 2.75) is 26.1 Å².